The smallest absolute Gasteiger partial charge is 0.265 e. The number of carbonyl (C=O) groups is 1. The van der Waals surface area contributed by atoms with E-state index < -0.39 is 0 Å². The van der Waals surface area contributed by atoms with E-state index in [9.17, 15) is 9.18 Å². The summed E-state index contributed by atoms with van der Waals surface area (Å²) >= 11 is 0. The van der Waals surface area contributed by atoms with Crippen LogP contribution in [0.3, 0.4) is 0 Å². The van der Waals surface area contributed by atoms with Crippen LogP contribution < -0.4 is 15.0 Å². The monoisotopic (exact) mass is 328 g/mol. The van der Waals surface area contributed by atoms with Gasteiger partial charge in [-0.3, -0.25) is 4.79 Å². The molecule has 0 aromatic heterocycles. The Morgan fingerprint density at radius 3 is 2.88 bits per heavy atom. The van der Waals surface area contributed by atoms with Crippen molar-refractivity contribution in [3.63, 3.8) is 0 Å². The van der Waals surface area contributed by atoms with Crippen molar-refractivity contribution in [3.05, 3.63) is 53.8 Å². The molecule has 1 heterocycles. The number of hydrogen-bond acceptors (Lipinski definition) is 3. The number of unbranched alkanes of at least 4 members (excludes halogenated alkanes) is 1. The minimum atomic E-state index is -0.226. The third kappa shape index (κ3) is 3.50. The number of nitrogens with one attached hydrogen (secondary N) is 1. The van der Waals surface area contributed by atoms with Gasteiger partial charge in [-0.1, -0.05) is 31.5 Å². The molecular formula is C19H21FN2O2. The van der Waals surface area contributed by atoms with Crippen LogP contribution in [0.25, 0.3) is 0 Å². The van der Waals surface area contributed by atoms with E-state index in [0.717, 1.165) is 24.2 Å². The third-order valence-electron chi connectivity index (χ3n) is 4.08. The van der Waals surface area contributed by atoms with Crippen LogP contribution in [0.4, 0.5) is 15.8 Å². The standard InChI is InChI=1S/C19H21FN2O2/c1-2-3-10-22-17-9-8-15(11-18(17)24-13-19(22)23)21-12-14-6-4-5-7-16(14)20/h4-9,11,21H,2-3,10,12-13H2,1H3. The van der Waals surface area contributed by atoms with Crippen LogP contribution in [-0.4, -0.2) is 19.1 Å². The fraction of sp³-hybridized carbons (Fsp3) is 0.316. The lowest BCUT2D eigenvalue weighted by Crippen LogP contribution is -2.39. The average molecular weight is 328 g/mol. The highest BCUT2D eigenvalue weighted by molar-refractivity contribution is 5.98. The fourth-order valence-electron chi connectivity index (χ4n) is 2.71. The Labute approximate surface area is 141 Å². The van der Waals surface area contributed by atoms with Crippen LogP contribution >= 0.6 is 0 Å². The summed E-state index contributed by atoms with van der Waals surface area (Å²) in [4.78, 5) is 13.8. The lowest BCUT2D eigenvalue weighted by molar-refractivity contribution is -0.121. The van der Waals surface area contributed by atoms with Gasteiger partial charge in [-0.25, -0.2) is 4.39 Å². The highest BCUT2D eigenvalue weighted by Crippen LogP contribution is 2.34. The average Bonchev–Trinajstić information content (AvgIpc) is 2.60. The summed E-state index contributed by atoms with van der Waals surface area (Å²) in [5.41, 5.74) is 2.24. The Balaban J connectivity index is 1.74. The highest BCUT2D eigenvalue weighted by Gasteiger charge is 2.25. The van der Waals surface area contributed by atoms with Gasteiger partial charge in [-0.2, -0.15) is 0 Å². The third-order valence-corrected chi connectivity index (χ3v) is 4.08. The van der Waals surface area contributed by atoms with Crippen LogP contribution in [0.5, 0.6) is 5.75 Å². The van der Waals surface area contributed by atoms with Crippen LogP contribution in [-0.2, 0) is 11.3 Å². The molecule has 0 unspecified atom stereocenters. The summed E-state index contributed by atoms with van der Waals surface area (Å²) in [6, 6.07) is 12.3. The molecule has 0 spiro atoms. The maximum Gasteiger partial charge on any atom is 0.265 e. The number of halogens is 1. The lowest BCUT2D eigenvalue weighted by atomic mass is 10.1. The van der Waals surface area contributed by atoms with Gasteiger partial charge in [0, 0.05) is 30.4 Å². The molecular weight excluding hydrogens is 307 g/mol. The normalized spacial score (nSPS) is 13.4. The molecule has 0 aliphatic carbocycles. The Bertz CT molecular complexity index is 733. The molecule has 0 saturated carbocycles. The molecule has 3 rings (SSSR count). The predicted octanol–water partition coefficient (Wildman–Crippen LogP) is 3.96. The van der Waals surface area contributed by atoms with Gasteiger partial charge < -0.3 is 15.0 Å². The summed E-state index contributed by atoms with van der Waals surface area (Å²) in [6.07, 6.45) is 1.99. The molecule has 126 valence electrons. The maximum atomic E-state index is 13.7. The zero-order valence-corrected chi connectivity index (χ0v) is 13.7. The Hall–Kier alpha value is -2.56. The summed E-state index contributed by atoms with van der Waals surface area (Å²) < 4.78 is 19.2. The van der Waals surface area contributed by atoms with E-state index in [1.807, 2.05) is 24.3 Å². The van der Waals surface area contributed by atoms with Gasteiger partial charge in [0.05, 0.1) is 5.69 Å². The molecule has 2 aromatic rings. The van der Waals surface area contributed by atoms with Crippen molar-refractivity contribution in [2.45, 2.75) is 26.3 Å². The molecule has 1 aliphatic rings. The molecule has 0 fully saturated rings. The second-order valence-corrected chi connectivity index (χ2v) is 5.82. The van der Waals surface area contributed by atoms with Gasteiger partial charge in [0.1, 0.15) is 11.6 Å². The summed E-state index contributed by atoms with van der Waals surface area (Å²) in [5.74, 6) is 0.447. The number of ether oxygens (including phenoxy) is 1. The summed E-state index contributed by atoms with van der Waals surface area (Å²) in [6.45, 7) is 3.26. The topological polar surface area (TPSA) is 41.6 Å². The summed E-state index contributed by atoms with van der Waals surface area (Å²) in [7, 11) is 0. The van der Waals surface area contributed by atoms with Crippen molar-refractivity contribution in [1.29, 1.82) is 0 Å². The van der Waals surface area contributed by atoms with Crippen molar-refractivity contribution in [2.75, 3.05) is 23.4 Å². The Morgan fingerprint density at radius 1 is 1.25 bits per heavy atom. The van der Waals surface area contributed by atoms with Crippen LogP contribution in [0, 0.1) is 5.82 Å². The van der Waals surface area contributed by atoms with E-state index in [4.69, 9.17) is 4.74 Å². The van der Waals surface area contributed by atoms with E-state index in [0.29, 0.717) is 24.4 Å². The SMILES string of the molecule is CCCCN1C(=O)COc2cc(NCc3ccccc3F)ccc21. The molecule has 0 bridgehead atoms. The Kier molecular flexibility index (Phi) is 4.99. The Morgan fingerprint density at radius 2 is 2.08 bits per heavy atom. The molecule has 24 heavy (non-hydrogen) atoms. The largest absolute Gasteiger partial charge is 0.481 e. The molecule has 1 amide bonds. The van der Waals surface area contributed by atoms with Crippen molar-refractivity contribution >= 4 is 17.3 Å². The maximum absolute atomic E-state index is 13.7. The molecule has 1 N–H and O–H groups in total. The number of nitrogens with zero attached hydrogens (tertiary/aromatic N) is 1. The molecule has 0 radical (unpaired) electrons. The van der Waals surface area contributed by atoms with Crippen molar-refractivity contribution in [3.8, 4) is 5.75 Å². The zero-order chi connectivity index (χ0) is 16.9. The molecule has 0 saturated heterocycles. The van der Waals surface area contributed by atoms with Gasteiger partial charge in [-0.15, -0.1) is 0 Å². The number of carbonyl (C=O) groups excluding carboxylic acids is 1. The number of amides is 1. The minimum Gasteiger partial charge on any atom is -0.481 e. The minimum absolute atomic E-state index is 0.0111. The molecule has 1 aliphatic heterocycles. The van der Waals surface area contributed by atoms with Crippen molar-refractivity contribution in [2.24, 2.45) is 0 Å². The fourth-order valence-corrected chi connectivity index (χ4v) is 2.71. The first-order valence-electron chi connectivity index (χ1n) is 8.23. The quantitative estimate of drug-likeness (QED) is 0.872. The predicted molar refractivity (Wildman–Crippen MR) is 92.9 cm³/mol. The van der Waals surface area contributed by atoms with Crippen LogP contribution in [0.1, 0.15) is 25.3 Å². The first-order chi connectivity index (χ1) is 11.7. The number of fused-ring (bicyclic) bond motifs is 1. The van der Waals surface area contributed by atoms with Gasteiger partial charge in [-0.05, 0) is 24.6 Å². The zero-order valence-electron chi connectivity index (χ0n) is 13.7. The van der Waals surface area contributed by atoms with Crippen molar-refractivity contribution < 1.29 is 13.9 Å². The second-order valence-electron chi connectivity index (χ2n) is 5.82. The van der Waals surface area contributed by atoms with Gasteiger partial charge >= 0.3 is 0 Å². The number of anilines is 2. The van der Waals surface area contributed by atoms with E-state index in [1.165, 1.54) is 6.07 Å². The second kappa shape index (κ2) is 7.34. The molecule has 0 atom stereocenters. The number of rotatable bonds is 6. The molecule has 2 aromatic carbocycles. The van der Waals surface area contributed by atoms with Gasteiger partial charge in [0.2, 0.25) is 0 Å². The van der Waals surface area contributed by atoms with E-state index in [1.54, 1.807) is 17.0 Å². The number of hydrogen-bond donors (Lipinski definition) is 1. The van der Waals surface area contributed by atoms with E-state index in [2.05, 4.69) is 12.2 Å². The highest BCUT2D eigenvalue weighted by atomic mass is 19.1. The summed E-state index contributed by atoms with van der Waals surface area (Å²) in [5, 5.41) is 3.20. The van der Waals surface area contributed by atoms with E-state index >= 15 is 0 Å². The lowest BCUT2D eigenvalue weighted by Gasteiger charge is -2.29. The molecule has 5 heteroatoms. The first kappa shape index (κ1) is 16.3. The van der Waals surface area contributed by atoms with Gasteiger partial charge in [0.15, 0.2) is 6.61 Å². The van der Waals surface area contributed by atoms with Gasteiger partial charge in [0.25, 0.3) is 5.91 Å². The number of benzene rings is 2. The van der Waals surface area contributed by atoms with Crippen LogP contribution in [0.15, 0.2) is 42.5 Å². The molecule has 4 nitrogen and oxygen atoms in total. The van der Waals surface area contributed by atoms with E-state index in [-0.39, 0.29) is 18.3 Å². The van der Waals surface area contributed by atoms with Crippen molar-refractivity contribution in [1.82, 2.24) is 0 Å². The van der Waals surface area contributed by atoms with Crippen LogP contribution in [0.2, 0.25) is 0 Å². The first-order valence-corrected chi connectivity index (χ1v) is 8.23.